The molecule has 12 heteroatoms. The highest BCUT2D eigenvalue weighted by atomic mass is 16.6. The monoisotopic (exact) mass is 494 g/mol. The summed E-state index contributed by atoms with van der Waals surface area (Å²) in [7, 11) is 4.59. The van der Waals surface area contributed by atoms with Crippen molar-refractivity contribution in [3.05, 3.63) is 86.0 Å². The molecule has 12 nitrogen and oxygen atoms in total. The van der Waals surface area contributed by atoms with Gasteiger partial charge in [-0.2, -0.15) is 5.10 Å². The van der Waals surface area contributed by atoms with Gasteiger partial charge in [0.2, 0.25) is 0 Å². The van der Waals surface area contributed by atoms with Crippen molar-refractivity contribution in [2.24, 2.45) is 5.10 Å². The van der Waals surface area contributed by atoms with Crippen molar-refractivity contribution in [2.75, 3.05) is 33.4 Å². The first-order chi connectivity index (χ1) is 17.4. The van der Waals surface area contributed by atoms with Crippen LogP contribution in [0.2, 0.25) is 0 Å². The molecule has 3 aromatic carbocycles. The summed E-state index contributed by atoms with van der Waals surface area (Å²) in [4.78, 5) is 21.3. The first kappa shape index (κ1) is 24.3. The fraction of sp³-hybridized carbons (Fsp3) is 0.208. The van der Waals surface area contributed by atoms with Gasteiger partial charge in [-0.05, 0) is 23.8 Å². The number of nitro groups is 2. The molecule has 1 unspecified atom stereocenters. The Hall–Kier alpha value is -4.87. The minimum absolute atomic E-state index is 0.00731. The molecule has 0 saturated heterocycles. The summed E-state index contributed by atoms with van der Waals surface area (Å²) in [5.41, 5.74) is 3.74. The van der Waals surface area contributed by atoms with E-state index in [1.807, 2.05) is 24.3 Å². The number of rotatable bonds is 8. The Morgan fingerprint density at radius 2 is 1.64 bits per heavy atom. The summed E-state index contributed by atoms with van der Waals surface area (Å²) in [6, 6.07) is 14.0. The third-order valence-corrected chi connectivity index (χ3v) is 5.69. The normalized spacial score (nSPS) is 15.4. The largest absolute Gasteiger partial charge is 0.497 e. The molecule has 0 bridgehead atoms. The zero-order valence-corrected chi connectivity index (χ0v) is 19.6. The molecule has 4 rings (SSSR count). The number of non-ortho nitro benzene ring substituents is 1. The number of anilines is 1. The van der Waals surface area contributed by atoms with E-state index < -0.39 is 21.2 Å². The van der Waals surface area contributed by atoms with Crippen molar-refractivity contribution in [2.45, 2.75) is 5.92 Å². The second-order valence-electron chi connectivity index (χ2n) is 7.66. The molecule has 3 aromatic rings. The van der Waals surface area contributed by atoms with E-state index in [2.05, 4.69) is 10.5 Å². The number of hydrogen-bond donors (Lipinski definition) is 1. The van der Waals surface area contributed by atoms with Crippen LogP contribution in [0.25, 0.3) is 0 Å². The lowest BCUT2D eigenvalue weighted by molar-refractivity contribution is -0.393. The second-order valence-corrected chi connectivity index (χ2v) is 7.66. The summed E-state index contributed by atoms with van der Waals surface area (Å²) in [6.07, 6.45) is 0. The molecule has 1 N–H and O–H groups in total. The Morgan fingerprint density at radius 3 is 2.25 bits per heavy atom. The van der Waals surface area contributed by atoms with Crippen LogP contribution in [0.4, 0.5) is 17.1 Å². The van der Waals surface area contributed by atoms with E-state index >= 15 is 0 Å². The van der Waals surface area contributed by atoms with Gasteiger partial charge in [-0.1, -0.05) is 12.1 Å². The fourth-order valence-corrected chi connectivity index (χ4v) is 3.86. The predicted octanol–water partition coefficient (Wildman–Crippen LogP) is 4.52. The lowest BCUT2D eigenvalue weighted by atomic mass is 9.87. The van der Waals surface area contributed by atoms with E-state index in [-0.39, 0.29) is 18.2 Å². The van der Waals surface area contributed by atoms with Crippen molar-refractivity contribution in [3.8, 4) is 23.0 Å². The van der Waals surface area contributed by atoms with Crippen molar-refractivity contribution in [3.63, 3.8) is 0 Å². The van der Waals surface area contributed by atoms with Crippen molar-refractivity contribution in [1.29, 1.82) is 0 Å². The number of benzene rings is 3. The zero-order valence-electron chi connectivity index (χ0n) is 19.6. The molecule has 0 spiro atoms. The van der Waals surface area contributed by atoms with E-state index in [0.29, 0.717) is 34.3 Å². The van der Waals surface area contributed by atoms with E-state index in [4.69, 9.17) is 18.9 Å². The van der Waals surface area contributed by atoms with Crippen LogP contribution in [0.1, 0.15) is 17.0 Å². The molecular formula is C24H22N4O8. The molecule has 0 saturated carbocycles. The van der Waals surface area contributed by atoms with Crippen molar-refractivity contribution >= 4 is 22.8 Å². The van der Waals surface area contributed by atoms with Crippen molar-refractivity contribution in [1.82, 2.24) is 0 Å². The van der Waals surface area contributed by atoms with E-state index in [0.717, 1.165) is 11.6 Å². The van der Waals surface area contributed by atoms with Gasteiger partial charge < -0.3 is 18.9 Å². The van der Waals surface area contributed by atoms with E-state index in [9.17, 15) is 20.2 Å². The predicted molar refractivity (Wildman–Crippen MR) is 131 cm³/mol. The molecule has 1 heterocycles. The number of fused-ring (bicyclic) bond motifs is 1. The van der Waals surface area contributed by atoms with Crippen LogP contribution in [0, 0.1) is 20.2 Å². The lowest BCUT2D eigenvalue weighted by Gasteiger charge is -2.29. The highest BCUT2D eigenvalue weighted by molar-refractivity contribution is 6.10. The molecule has 36 heavy (non-hydrogen) atoms. The van der Waals surface area contributed by atoms with Gasteiger partial charge in [0.25, 0.3) is 5.69 Å². The fourth-order valence-electron chi connectivity index (χ4n) is 3.86. The summed E-state index contributed by atoms with van der Waals surface area (Å²) in [5.74, 6) is 1.72. The minimum atomic E-state index is -0.708. The molecule has 0 radical (unpaired) electrons. The number of ether oxygens (including phenoxy) is 4. The highest BCUT2D eigenvalue weighted by Gasteiger charge is 2.33. The van der Waals surface area contributed by atoms with Crippen LogP contribution in [0.3, 0.4) is 0 Å². The summed E-state index contributed by atoms with van der Waals surface area (Å²) in [6.45, 7) is 0.221. The Balaban J connectivity index is 1.84. The number of hydrogen-bond acceptors (Lipinski definition) is 10. The molecule has 0 amide bonds. The maximum Gasteiger partial charge on any atom is 0.301 e. The maximum atomic E-state index is 11.6. The number of nitrogens with zero attached hydrogens (tertiary/aromatic N) is 3. The van der Waals surface area contributed by atoms with Crippen LogP contribution in [-0.4, -0.2) is 43.5 Å². The zero-order chi connectivity index (χ0) is 25.8. The molecule has 1 aliphatic rings. The van der Waals surface area contributed by atoms with Gasteiger partial charge >= 0.3 is 5.69 Å². The Morgan fingerprint density at radius 1 is 0.917 bits per heavy atom. The summed E-state index contributed by atoms with van der Waals surface area (Å²) in [5, 5.41) is 27.2. The molecular weight excluding hydrogens is 472 g/mol. The van der Waals surface area contributed by atoms with Crippen LogP contribution >= 0.6 is 0 Å². The topological polar surface area (TPSA) is 148 Å². The molecule has 0 aliphatic carbocycles. The quantitative estimate of drug-likeness (QED) is 0.352. The van der Waals surface area contributed by atoms with Crippen molar-refractivity contribution < 1.29 is 28.8 Å². The first-order valence-electron chi connectivity index (χ1n) is 10.7. The second kappa shape index (κ2) is 10.2. The number of hydrazone groups is 1. The molecule has 0 fully saturated rings. The Labute approximate surface area is 205 Å². The van der Waals surface area contributed by atoms with E-state index in [1.165, 1.54) is 26.4 Å². The Kier molecular flexibility index (Phi) is 6.86. The van der Waals surface area contributed by atoms with Crippen LogP contribution in [0.5, 0.6) is 23.0 Å². The van der Waals surface area contributed by atoms with Crippen LogP contribution < -0.4 is 24.4 Å². The molecule has 0 aromatic heterocycles. The van der Waals surface area contributed by atoms with Crippen LogP contribution in [0.15, 0.2) is 59.7 Å². The average molecular weight is 494 g/mol. The SMILES string of the molecule is COc1ccc(C2COc3cc(OC)cc(OC)c3C2=NNc2ccc([N+](=O)[O-])cc2[N+](=O)[O-])cc1. The third-order valence-electron chi connectivity index (χ3n) is 5.69. The van der Waals surface area contributed by atoms with Gasteiger partial charge in [0, 0.05) is 18.2 Å². The third kappa shape index (κ3) is 4.69. The lowest BCUT2D eigenvalue weighted by Crippen LogP contribution is -2.28. The minimum Gasteiger partial charge on any atom is -0.497 e. The number of nitro benzene ring substituents is 2. The Bertz CT molecular complexity index is 1320. The van der Waals surface area contributed by atoms with Gasteiger partial charge in [-0.15, -0.1) is 0 Å². The van der Waals surface area contributed by atoms with Gasteiger partial charge in [-0.3, -0.25) is 25.7 Å². The molecule has 186 valence electrons. The highest BCUT2D eigenvalue weighted by Crippen LogP contribution is 2.42. The number of nitrogens with one attached hydrogen (secondary N) is 1. The van der Waals surface area contributed by atoms with E-state index in [1.54, 1.807) is 19.2 Å². The standard InChI is InChI=1S/C24H22N4O8/c1-33-16-7-4-14(5-8-16)18-13-36-22-12-17(34-2)11-21(35-3)23(22)24(18)26-25-19-9-6-15(27(29)30)10-20(19)28(31)32/h4-12,18,25H,13H2,1-3H3. The maximum absolute atomic E-state index is 11.6. The van der Waals surface area contributed by atoms with Gasteiger partial charge in [0.05, 0.1) is 54.4 Å². The average Bonchev–Trinajstić information content (AvgIpc) is 2.90. The molecule has 1 aliphatic heterocycles. The van der Waals surface area contributed by atoms with Crippen LogP contribution in [-0.2, 0) is 0 Å². The van der Waals surface area contributed by atoms with Gasteiger partial charge in [-0.25, -0.2) is 0 Å². The summed E-state index contributed by atoms with van der Waals surface area (Å²) >= 11 is 0. The smallest absolute Gasteiger partial charge is 0.301 e. The first-order valence-corrected chi connectivity index (χ1v) is 10.7. The summed E-state index contributed by atoms with van der Waals surface area (Å²) < 4.78 is 22.2. The van der Waals surface area contributed by atoms with Gasteiger partial charge in [0.15, 0.2) is 0 Å². The molecule has 1 atom stereocenters. The number of methoxy groups -OCH3 is 3. The van der Waals surface area contributed by atoms with Gasteiger partial charge in [0.1, 0.15) is 35.3 Å².